The van der Waals surface area contributed by atoms with Crippen molar-refractivity contribution < 1.29 is 0 Å². The van der Waals surface area contributed by atoms with Gasteiger partial charge in [-0.15, -0.1) is 6.58 Å². The van der Waals surface area contributed by atoms with E-state index in [2.05, 4.69) is 23.5 Å². The largest absolute Gasteiger partial charge is 0.353 e. The van der Waals surface area contributed by atoms with Crippen LogP contribution in [0.4, 0.5) is 5.82 Å². The van der Waals surface area contributed by atoms with Gasteiger partial charge in [-0.2, -0.15) is 5.10 Å². The zero-order chi connectivity index (χ0) is 11.1. The maximum Gasteiger partial charge on any atom is 0.275 e. The zero-order valence-corrected chi connectivity index (χ0v) is 8.53. The average molecular weight is 211 g/mol. The number of hydrogen-bond acceptors (Lipinski definition) is 3. The SMILES string of the molecule is C=CCn1nc2c3c(cccc3c1=O)[C]N2. The molecule has 0 fully saturated rings. The molecular weight excluding hydrogens is 202 g/mol. The van der Waals surface area contributed by atoms with Gasteiger partial charge in [-0.05, 0) is 11.6 Å². The van der Waals surface area contributed by atoms with Gasteiger partial charge in [0.15, 0.2) is 5.82 Å². The second-order valence-corrected chi connectivity index (χ2v) is 3.60. The van der Waals surface area contributed by atoms with Crippen molar-refractivity contribution in [2.24, 2.45) is 0 Å². The fourth-order valence-electron chi connectivity index (χ4n) is 1.91. The number of rotatable bonds is 2. The molecule has 1 aromatic carbocycles. The number of allylic oxidation sites excluding steroid dienone is 1. The Morgan fingerprint density at radius 2 is 2.44 bits per heavy atom. The molecule has 0 spiro atoms. The van der Waals surface area contributed by atoms with Crippen LogP contribution in [0, 0.1) is 6.54 Å². The van der Waals surface area contributed by atoms with Gasteiger partial charge in [-0.1, -0.05) is 18.2 Å². The van der Waals surface area contributed by atoms with E-state index in [9.17, 15) is 4.79 Å². The molecule has 4 heteroatoms. The van der Waals surface area contributed by atoms with Crippen molar-refractivity contribution in [3.63, 3.8) is 0 Å². The summed E-state index contributed by atoms with van der Waals surface area (Å²) in [6.45, 7) is 7.00. The van der Waals surface area contributed by atoms with Crippen molar-refractivity contribution in [2.45, 2.75) is 6.54 Å². The highest BCUT2D eigenvalue weighted by Gasteiger charge is 2.18. The minimum atomic E-state index is -0.0917. The minimum Gasteiger partial charge on any atom is -0.353 e. The first-order valence-corrected chi connectivity index (χ1v) is 4.98. The summed E-state index contributed by atoms with van der Waals surface area (Å²) in [6.07, 6.45) is 1.65. The fraction of sp³-hybridized carbons (Fsp3) is 0.0833. The Morgan fingerprint density at radius 1 is 1.56 bits per heavy atom. The van der Waals surface area contributed by atoms with Crippen molar-refractivity contribution in [1.82, 2.24) is 9.78 Å². The van der Waals surface area contributed by atoms with Gasteiger partial charge in [-0.3, -0.25) is 4.79 Å². The highest BCUT2D eigenvalue weighted by molar-refractivity contribution is 5.98. The second kappa shape index (κ2) is 3.20. The summed E-state index contributed by atoms with van der Waals surface area (Å²) in [5.74, 6) is 0.687. The van der Waals surface area contributed by atoms with Crippen LogP contribution in [0.1, 0.15) is 5.56 Å². The lowest BCUT2D eigenvalue weighted by atomic mass is 10.1. The number of nitrogens with zero attached hydrogens (tertiary/aromatic N) is 2. The molecule has 1 aromatic heterocycles. The van der Waals surface area contributed by atoms with Crippen LogP contribution in [0.25, 0.3) is 10.8 Å². The molecule has 0 saturated heterocycles. The maximum absolute atomic E-state index is 12.0. The van der Waals surface area contributed by atoms with Crippen molar-refractivity contribution >= 4 is 16.6 Å². The predicted molar refractivity (Wildman–Crippen MR) is 62.2 cm³/mol. The third-order valence-electron chi connectivity index (χ3n) is 2.60. The molecule has 0 amide bonds. The van der Waals surface area contributed by atoms with E-state index in [0.29, 0.717) is 17.7 Å². The Morgan fingerprint density at radius 3 is 3.25 bits per heavy atom. The molecule has 0 aliphatic carbocycles. The molecule has 1 aliphatic rings. The van der Waals surface area contributed by atoms with Crippen molar-refractivity contribution in [1.29, 1.82) is 0 Å². The van der Waals surface area contributed by atoms with Crippen LogP contribution in [0.5, 0.6) is 0 Å². The Kier molecular flexibility index (Phi) is 1.83. The lowest BCUT2D eigenvalue weighted by Gasteiger charge is -2.05. The third-order valence-corrected chi connectivity index (χ3v) is 2.60. The van der Waals surface area contributed by atoms with E-state index in [1.165, 1.54) is 4.68 Å². The van der Waals surface area contributed by atoms with E-state index in [0.717, 1.165) is 10.9 Å². The van der Waals surface area contributed by atoms with Crippen LogP contribution in [-0.4, -0.2) is 9.78 Å². The molecule has 2 heterocycles. The summed E-state index contributed by atoms with van der Waals surface area (Å²) >= 11 is 0. The Hall–Kier alpha value is -2.10. The van der Waals surface area contributed by atoms with Gasteiger partial charge < -0.3 is 5.32 Å². The summed E-state index contributed by atoms with van der Waals surface area (Å²) in [5, 5.41) is 8.69. The number of benzene rings is 1. The van der Waals surface area contributed by atoms with E-state index < -0.39 is 0 Å². The number of nitrogens with one attached hydrogen (secondary N) is 1. The van der Waals surface area contributed by atoms with Gasteiger partial charge in [0.05, 0.1) is 11.9 Å². The summed E-state index contributed by atoms with van der Waals surface area (Å²) in [6, 6.07) is 5.56. The average Bonchev–Trinajstić information content (AvgIpc) is 2.70. The lowest BCUT2D eigenvalue weighted by Crippen LogP contribution is -2.22. The van der Waals surface area contributed by atoms with Crippen LogP contribution in [0.3, 0.4) is 0 Å². The van der Waals surface area contributed by atoms with Crippen LogP contribution >= 0.6 is 0 Å². The quantitative estimate of drug-likeness (QED) is 0.764. The molecule has 0 bridgehead atoms. The van der Waals surface area contributed by atoms with Gasteiger partial charge in [0.1, 0.15) is 6.54 Å². The van der Waals surface area contributed by atoms with E-state index in [4.69, 9.17) is 0 Å². The van der Waals surface area contributed by atoms with E-state index in [1.807, 2.05) is 12.1 Å². The molecule has 2 aromatic rings. The molecule has 3 rings (SSSR count). The molecule has 1 aliphatic heterocycles. The fourth-order valence-corrected chi connectivity index (χ4v) is 1.91. The molecule has 0 atom stereocenters. The first kappa shape index (κ1) is 9.15. The summed E-state index contributed by atoms with van der Waals surface area (Å²) in [7, 11) is 0. The molecule has 78 valence electrons. The second-order valence-electron chi connectivity index (χ2n) is 3.60. The number of hydrogen-bond donors (Lipinski definition) is 1. The van der Waals surface area contributed by atoms with Crippen LogP contribution < -0.4 is 10.9 Å². The van der Waals surface area contributed by atoms with E-state index >= 15 is 0 Å². The number of anilines is 1. The predicted octanol–water partition coefficient (Wildman–Crippen LogP) is 1.39. The van der Waals surface area contributed by atoms with Gasteiger partial charge in [0, 0.05) is 5.39 Å². The highest BCUT2D eigenvalue weighted by atomic mass is 16.1. The first-order chi connectivity index (χ1) is 7.81. The molecular formula is C12H9N3O. The van der Waals surface area contributed by atoms with Crippen LogP contribution in [0.15, 0.2) is 35.6 Å². The van der Waals surface area contributed by atoms with Gasteiger partial charge in [0.25, 0.3) is 5.56 Å². The molecule has 0 unspecified atom stereocenters. The van der Waals surface area contributed by atoms with Crippen LogP contribution in [0.2, 0.25) is 0 Å². The molecule has 4 nitrogen and oxygen atoms in total. The smallest absolute Gasteiger partial charge is 0.275 e. The van der Waals surface area contributed by atoms with E-state index in [1.54, 1.807) is 12.1 Å². The molecule has 2 radical (unpaired) electrons. The summed E-state index contributed by atoms with van der Waals surface area (Å²) in [5.41, 5.74) is 0.800. The standard InChI is InChI=1S/C12H9N3O/c1-2-6-15-12(16)9-5-3-4-8-7-13-11(14-15)10(8)9/h2-5H,1,6H2,(H,13,14). The minimum absolute atomic E-state index is 0.0917. The Balaban J connectivity index is 2.43. The maximum atomic E-state index is 12.0. The normalized spacial score (nSPS) is 12.8. The zero-order valence-electron chi connectivity index (χ0n) is 8.53. The molecule has 0 saturated carbocycles. The summed E-state index contributed by atoms with van der Waals surface area (Å²) < 4.78 is 1.40. The monoisotopic (exact) mass is 211 g/mol. The van der Waals surface area contributed by atoms with Gasteiger partial charge >= 0.3 is 0 Å². The van der Waals surface area contributed by atoms with Crippen molar-refractivity contribution in [3.8, 4) is 0 Å². The first-order valence-electron chi connectivity index (χ1n) is 4.98. The molecule has 1 N–H and O–H groups in total. The van der Waals surface area contributed by atoms with Crippen molar-refractivity contribution in [2.75, 3.05) is 5.32 Å². The topological polar surface area (TPSA) is 46.9 Å². The highest BCUT2D eigenvalue weighted by Crippen LogP contribution is 2.29. The summed E-state index contributed by atoms with van der Waals surface area (Å²) in [4.78, 5) is 12.0. The van der Waals surface area contributed by atoms with E-state index in [-0.39, 0.29) is 5.56 Å². The Bertz CT molecular complexity index is 642. The van der Waals surface area contributed by atoms with Crippen LogP contribution in [-0.2, 0) is 6.54 Å². The Labute approximate surface area is 92.2 Å². The third kappa shape index (κ3) is 1.10. The molecule has 16 heavy (non-hydrogen) atoms. The van der Waals surface area contributed by atoms with Crippen molar-refractivity contribution in [3.05, 3.63) is 53.3 Å². The van der Waals surface area contributed by atoms with Gasteiger partial charge in [-0.25, -0.2) is 4.68 Å². The number of aromatic nitrogens is 2. The lowest BCUT2D eigenvalue weighted by molar-refractivity contribution is 0.666. The van der Waals surface area contributed by atoms with Gasteiger partial charge in [0.2, 0.25) is 0 Å².